The molecule has 1 aromatic rings. The minimum Gasteiger partial charge on any atom is -0.334 e. The van der Waals surface area contributed by atoms with Crippen LogP contribution in [-0.4, -0.2) is 47.2 Å². The van der Waals surface area contributed by atoms with Crippen molar-refractivity contribution >= 4 is 0 Å². The molecule has 0 amide bonds. The van der Waals surface area contributed by atoms with Crippen LogP contribution >= 0.6 is 0 Å². The number of imidazole rings is 1. The summed E-state index contributed by atoms with van der Waals surface area (Å²) in [6, 6.07) is 0.708. The summed E-state index contributed by atoms with van der Waals surface area (Å²) < 4.78 is 2.20. The van der Waals surface area contributed by atoms with Crippen molar-refractivity contribution in [2.45, 2.75) is 32.4 Å². The van der Waals surface area contributed by atoms with E-state index in [2.05, 4.69) is 33.7 Å². The molecule has 90 valence electrons. The van der Waals surface area contributed by atoms with Crippen LogP contribution in [0.2, 0.25) is 0 Å². The van der Waals surface area contributed by atoms with Gasteiger partial charge in [-0.05, 0) is 39.9 Å². The molecule has 16 heavy (non-hydrogen) atoms. The Hall–Kier alpha value is -0.870. The van der Waals surface area contributed by atoms with Gasteiger partial charge in [-0.1, -0.05) is 0 Å². The molecule has 0 radical (unpaired) electrons. The van der Waals surface area contributed by atoms with E-state index in [9.17, 15) is 0 Å². The third-order valence-electron chi connectivity index (χ3n) is 3.43. The molecule has 1 aliphatic rings. The Kier molecular flexibility index (Phi) is 3.96. The van der Waals surface area contributed by atoms with Crippen molar-refractivity contribution in [2.75, 3.05) is 26.7 Å². The van der Waals surface area contributed by atoms with Gasteiger partial charge in [-0.2, -0.15) is 0 Å². The Morgan fingerprint density at radius 1 is 1.44 bits per heavy atom. The number of nitrogens with zero attached hydrogens (tertiary/aromatic N) is 3. The molecule has 2 rings (SSSR count). The number of hydrogen-bond acceptors (Lipinski definition) is 3. The third kappa shape index (κ3) is 3.06. The molecular weight excluding hydrogens is 200 g/mol. The predicted octanol–water partition coefficient (Wildman–Crippen LogP) is 0.875. The van der Waals surface area contributed by atoms with Crippen LogP contribution in [0.1, 0.15) is 18.7 Å². The molecule has 0 spiro atoms. The summed E-state index contributed by atoms with van der Waals surface area (Å²) in [4.78, 5) is 6.62. The highest BCUT2D eigenvalue weighted by Crippen LogP contribution is 2.07. The molecule has 1 N–H and O–H groups in total. The number of aryl methyl sites for hydroxylation is 1. The minimum absolute atomic E-state index is 0.708. The molecule has 4 heteroatoms. The van der Waals surface area contributed by atoms with Crippen LogP contribution in [0, 0.1) is 6.92 Å². The molecule has 1 aromatic heterocycles. The Morgan fingerprint density at radius 3 is 2.81 bits per heavy atom. The molecular formula is C12H22N4. The van der Waals surface area contributed by atoms with Crippen molar-refractivity contribution in [2.24, 2.45) is 0 Å². The van der Waals surface area contributed by atoms with E-state index in [1.807, 2.05) is 12.4 Å². The fraction of sp³-hybridized carbons (Fsp3) is 0.750. The van der Waals surface area contributed by atoms with Crippen molar-refractivity contribution in [3.8, 4) is 0 Å². The second-order valence-electron chi connectivity index (χ2n) is 4.70. The number of rotatable bonds is 4. The zero-order chi connectivity index (χ0) is 11.4. The third-order valence-corrected chi connectivity index (χ3v) is 3.43. The van der Waals surface area contributed by atoms with Crippen LogP contribution in [0.15, 0.2) is 12.4 Å². The maximum atomic E-state index is 4.22. The van der Waals surface area contributed by atoms with Gasteiger partial charge in [0.25, 0.3) is 0 Å². The lowest BCUT2D eigenvalue weighted by atomic mass is 10.1. The van der Waals surface area contributed by atoms with Crippen molar-refractivity contribution in [1.82, 2.24) is 19.8 Å². The lowest BCUT2D eigenvalue weighted by Gasteiger charge is -2.29. The SMILES string of the molecule is Cc1nccn1CCNC1CCN(C)CC1. The molecule has 0 bridgehead atoms. The minimum atomic E-state index is 0.708. The summed E-state index contributed by atoms with van der Waals surface area (Å²) >= 11 is 0. The van der Waals surface area contributed by atoms with Crippen LogP contribution in [0.5, 0.6) is 0 Å². The molecule has 1 saturated heterocycles. The van der Waals surface area contributed by atoms with Gasteiger partial charge in [0.05, 0.1) is 0 Å². The molecule has 0 aliphatic carbocycles. The molecule has 2 heterocycles. The molecule has 0 saturated carbocycles. The van der Waals surface area contributed by atoms with E-state index in [4.69, 9.17) is 0 Å². The van der Waals surface area contributed by atoms with Gasteiger partial charge in [0.2, 0.25) is 0 Å². The van der Waals surface area contributed by atoms with Gasteiger partial charge in [-0.25, -0.2) is 4.98 Å². The quantitative estimate of drug-likeness (QED) is 0.821. The van der Waals surface area contributed by atoms with E-state index < -0.39 is 0 Å². The maximum Gasteiger partial charge on any atom is 0.105 e. The number of piperidine rings is 1. The maximum absolute atomic E-state index is 4.22. The van der Waals surface area contributed by atoms with E-state index in [0.29, 0.717) is 6.04 Å². The van der Waals surface area contributed by atoms with Crippen molar-refractivity contribution < 1.29 is 0 Å². The molecule has 1 aliphatic heterocycles. The summed E-state index contributed by atoms with van der Waals surface area (Å²) in [5, 5.41) is 3.63. The van der Waals surface area contributed by atoms with E-state index in [0.717, 1.165) is 18.9 Å². The van der Waals surface area contributed by atoms with E-state index in [-0.39, 0.29) is 0 Å². The van der Waals surface area contributed by atoms with Crippen molar-refractivity contribution in [3.63, 3.8) is 0 Å². The lowest BCUT2D eigenvalue weighted by molar-refractivity contribution is 0.234. The van der Waals surface area contributed by atoms with Crippen LogP contribution in [-0.2, 0) is 6.54 Å². The lowest BCUT2D eigenvalue weighted by Crippen LogP contribution is -2.41. The van der Waals surface area contributed by atoms with Gasteiger partial charge >= 0.3 is 0 Å². The summed E-state index contributed by atoms with van der Waals surface area (Å²) in [7, 11) is 2.20. The second kappa shape index (κ2) is 5.46. The van der Waals surface area contributed by atoms with Crippen LogP contribution in [0.4, 0.5) is 0 Å². The van der Waals surface area contributed by atoms with Gasteiger partial charge in [0.15, 0.2) is 0 Å². The monoisotopic (exact) mass is 222 g/mol. The number of likely N-dealkylation sites (tertiary alicyclic amines) is 1. The standard InChI is InChI=1S/C12H22N4/c1-11-13-5-9-16(11)10-6-14-12-3-7-15(2)8-4-12/h5,9,12,14H,3-4,6-8,10H2,1-2H3. The van der Waals surface area contributed by atoms with Crippen molar-refractivity contribution in [3.05, 3.63) is 18.2 Å². The molecule has 4 nitrogen and oxygen atoms in total. The van der Waals surface area contributed by atoms with E-state index in [1.165, 1.54) is 25.9 Å². The largest absolute Gasteiger partial charge is 0.334 e. The van der Waals surface area contributed by atoms with E-state index >= 15 is 0 Å². The fourth-order valence-corrected chi connectivity index (χ4v) is 2.24. The van der Waals surface area contributed by atoms with Gasteiger partial charge in [-0.3, -0.25) is 0 Å². The first-order chi connectivity index (χ1) is 7.75. The average Bonchev–Trinajstić information content (AvgIpc) is 2.68. The Morgan fingerprint density at radius 2 is 2.19 bits per heavy atom. The first-order valence-electron chi connectivity index (χ1n) is 6.15. The highest BCUT2D eigenvalue weighted by atomic mass is 15.1. The number of nitrogens with one attached hydrogen (secondary N) is 1. The Balaban J connectivity index is 1.67. The normalized spacial score (nSPS) is 19.1. The first-order valence-corrected chi connectivity index (χ1v) is 6.15. The molecule has 0 atom stereocenters. The van der Waals surface area contributed by atoms with Gasteiger partial charge in [-0.15, -0.1) is 0 Å². The van der Waals surface area contributed by atoms with Gasteiger partial charge in [0.1, 0.15) is 5.82 Å². The fourth-order valence-electron chi connectivity index (χ4n) is 2.24. The smallest absolute Gasteiger partial charge is 0.105 e. The number of aromatic nitrogens is 2. The summed E-state index contributed by atoms with van der Waals surface area (Å²) in [6.45, 7) is 6.57. The zero-order valence-electron chi connectivity index (χ0n) is 10.3. The first kappa shape index (κ1) is 11.6. The van der Waals surface area contributed by atoms with Gasteiger partial charge < -0.3 is 14.8 Å². The zero-order valence-corrected chi connectivity index (χ0v) is 10.3. The van der Waals surface area contributed by atoms with Crippen LogP contribution in [0.25, 0.3) is 0 Å². The summed E-state index contributed by atoms with van der Waals surface area (Å²) in [5.41, 5.74) is 0. The van der Waals surface area contributed by atoms with Gasteiger partial charge in [0, 0.05) is 31.5 Å². The Labute approximate surface area is 97.7 Å². The number of hydrogen-bond donors (Lipinski definition) is 1. The Bertz CT molecular complexity index is 313. The highest BCUT2D eigenvalue weighted by Gasteiger charge is 2.15. The molecule has 0 unspecified atom stereocenters. The summed E-state index contributed by atoms with van der Waals surface area (Å²) in [6.07, 6.45) is 6.47. The highest BCUT2D eigenvalue weighted by molar-refractivity contribution is 4.88. The van der Waals surface area contributed by atoms with Crippen LogP contribution in [0.3, 0.4) is 0 Å². The molecule has 1 fully saturated rings. The predicted molar refractivity (Wildman–Crippen MR) is 65.5 cm³/mol. The van der Waals surface area contributed by atoms with Crippen LogP contribution < -0.4 is 5.32 Å². The topological polar surface area (TPSA) is 33.1 Å². The van der Waals surface area contributed by atoms with E-state index in [1.54, 1.807) is 0 Å². The second-order valence-corrected chi connectivity index (χ2v) is 4.70. The molecule has 0 aromatic carbocycles. The summed E-state index contributed by atoms with van der Waals surface area (Å²) in [5.74, 6) is 1.10. The average molecular weight is 222 g/mol. The van der Waals surface area contributed by atoms with Crippen molar-refractivity contribution in [1.29, 1.82) is 0 Å².